The lowest BCUT2D eigenvalue weighted by molar-refractivity contribution is -0.109. The van der Waals surface area contributed by atoms with Gasteiger partial charge in [-0.15, -0.1) is 0 Å². The van der Waals surface area contributed by atoms with Gasteiger partial charge in [0.05, 0.1) is 7.11 Å². The number of carbonyl (C=O) groups is 2. The van der Waals surface area contributed by atoms with Gasteiger partial charge in [0.15, 0.2) is 0 Å². The van der Waals surface area contributed by atoms with E-state index in [-0.39, 0.29) is 5.56 Å². The van der Waals surface area contributed by atoms with E-state index in [4.69, 9.17) is 9.47 Å². The van der Waals surface area contributed by atoms with Crippen LogP contribution >= 0.6 is 0 Å². The highest BCUT2D eigenvalue weighted by atomic mass is 19.1. The van der Waals surface area contributed by atoms with Crippen molar-refractivity contribution in [2.75, 3.05) is 7.11 Å². The van der Waals surface area contributed by atoms with Crippen molar-refractivity contribution >= 4 is 12.4 Å². The maximum absolute atomic E-state index is 13.7. The molecular weight excluding hydrogens is 277 g/mol. The van der Waals surface area contributed by atoms with Gasteiger partial charge < -0.3 is 19.6 Å². The number of nitrogens with one attached hydrogen (secondary N) is 1. The summed E-state index contributed by atoms with van der Waals surface area (Å²) in [6.45, 7) is 6.69. The molecule has 0 aliphatic rings. The van der Waals surface area contributed by atoms with Crippen molar-refractivity contribution in [3.63, 3.8) is 0 Å². The van der Waals surface area contributed by atoms with E-state index < -0.39 is 23.6 Å². The van der Waals surface area contributed by atoms with E-state index in [1.165, 1.54) is 19.2 Å². The van der Waals surface area contributed by atoms with Gasteiger partial charge in [0.2, 0.25) is 0 Å². The lowest BCUT2D eigenvalue weighted by Crippen LogP contribution is -2.35. The van der Waals surface area contributed by atoms with Crippen LogP contribution in [0.4, 0.5) is 9.18 Å². The zero-order valence-corrected chi connectivity index (χ0v) is 12.8. The van der Waals surface area contributed by atoms with Crippen LogP contribution in [-0.2, 0) is 9.53 Å². The zero-order valence-electron chi connectivity index (χ0n) is 12.8. The first kappa shape index (κ1) is 16.9. The Morgan fingerprint density at radius 3 is 2.48 bits per heavy atom. The third-order valence-electron chi connectivity index (χ3n) is 2.65. The number of halogens is 1. The summed E-state index contributed by atoms with van der Waals surface area (Å²) in [6, 6.07) is 1.59. The summed E-state index contributed by atoms with van der Waals surface area (Å²) in [5, 5.41) is 2.39. The number of aldehydes is 1. The molecule has 5 nitrogen and oxygen atoms in total. The molecule has 21 heavy (non-hydrogen) atoms. The highest BCUT2D eigenvalue weighted by Gasteiger charge is 2.23. The number of benzene rings is 1. The Balaban J connectivity index is 3.03. The molecular formula is C15H20FNO4. The Labute approximate surface area is 123 Å². The Morgan fingerprint density at radius 2 is 2.00 bits per heavy atom. The average Bonchev–Trinajstić information content (AvgIpc) is 2.36. The SMILES string of the molecule is COc1cc(C)c(F)cc1C(C=O)NC(=O)OC(C)(C)C. The first-order valence-corrected chi connectivity index (χ1v) is 6.46. The molecule has 1 aromatic rings. The first-order chi connectivity index (χ1) is 9.67. The molecule has 1 amide bonds. The maximum atomic E-state index is 13.7. The smallest absolute Gasteiger partial charge is 0.408 e. The monoisotopic (exact) mass is 297 g/mol. The Hall–Kier alpha value is -2.11. The van der Waals surface area contributed by atoms with Crippen LogP contribution in [-0.4, -0.2) is 25.1 Å². The second kappa shape index (κ2) is 6.56. The van der Waals surface area contributed by atoms with Gasteiger partial charge in [0.1, 0.15) is 29.5 Å². The van der Waals surface area contributed by atoms with Gasteiger partial charge in [0.25, 0.3) is 0 Å². The summed E-state index contributed by atoms with van der Waals surface area (Å²) in [4.78, 5) is 22.9. The van der Waals surface area contributed by atoms with E-state index in [0.29, 0.717) is 17.6 Å². The number of carbonyl (C=O) groups excluding carboxylic acids is 2. The molecule has 1 atom stereocenters. The summed E-state index contributed by atoms with van der Waals surface area (Å²) < 4.78 is 23.9. The molecule has 0 fully saturated rings. The number of aryl methyl sites for hydroxylation is 1. The van der Waals surface area contributed by atoms with E-state index in [1.54, 1.807) is 27.7 Å². The van der Waals surface area contributed by atoms with E-state index in [1.807, 2.05) is 0 Å². The number of rotatable bonds is 4. The van der Waals surface area contributed by atoms with E-state index in [2.05, 4.69) is 5.32 Å². The second-order valence-corrected chi connectivity index (χ2v) is 5.60. The van der Waals surface area contributed by atoms with Crippen LogP contribution in [0.5, 0.6) is 5.75 Å². The van der Waals surface area contributed by atoms with Crippen LogP contribution in [0.2, 0.25) is 0 Å². The number of methoxy groups -OCH3 is 1. The number of hydrogen-bond donors (Lipinski definition) is 1. The highest BCUT2D eigenvalue weighted by Crippen LogP contribution is 2.27. The third kappa shape index (κ3) is 4.73. The van der Waals surface area contributed by atoms with Crippen LogP contribution in [0.15, 0.2) is 12.1 Å². The fraction of sp³-hybridized carbons (Fsp3) is 0.467. The molecule has 0 saturated heterocycles. The van der Waals surface area contributed by atoms with Crippen molar-refractivity contribution in [3.05, 3.63) is 29.1 Å². The zero-order chi connectivity index (χ0) is 16.2. The summed E-state index contributed by atoms with van der Waals surface area (Å²) >= 11 is 0. The van der Waals surface area contributed by atoms with Crippen molar-refractivity contribution in [1.82, 2.24) is 5.32 Å². The van der Waals surface area contributed by atoms with Crippen LogP contribution in [0, 0.1) is 12.7 Å². The Kier molecular flexibility index (Phi) is 5.29. The molecule has 1 unspecified atom stereocenters. The number of hydrogen-bond acceptors (Lipinski definition) is 4. The van der Waals surface area contributed by atoms with E-state index in [9.17, 15) is 14.0 Å². The molecule has 0 saturated carbocycles. The molecule has 1 rings (SSSR count). The van der Waals surface area contributed by atoms with E-state index in [0.717, 1.165) is 0 Å². The van der Waals surface area contributed by atoms with Crippen LogP contribution in [0.3, 0.4) is 0 Å². The summed E-state index contributed by atoms with van der Waals surface area (Å²) in [7, 11) is 1.41. The minimum absolute atomic E-state index is 0.237. The minimum atomic E-state index is -1.05. The average molecular weight is 297 g/mol. The molecule has 0 bridgehead atoms. The molecule has 0 spiro atoms. The molecule has 1 N–H and O–H groups in total. The van der Waals surface area contributed by atoms with Crippen molar-refractivity contribution in [2.24, 2.45) is 0 Å². The van der Waals surface area contributed by atoms with Crippen molar-refractivity contribution in [1.29, 1.82) is 0 Å². The quantitative estimate of drug-likeness (QED) is 0.868. The number of alkyl carbamates (subject to hydrolysis) is 1. The van der Waals surface area contributed by atoms with Crippen LogP contribution in [0.1, 0.15) is 37.9 Å². The maximum Gasteiger partial charge on any atom is 0.408 e. The van der Waals surface area contributed by atoms with Crippen LogP contribution < -0.4 is 10.1 Å². The van der Waals surface area contributed by atoms with Gasteiger partial charge in [-0.1, -0.05) is 0 Å². The van der Waals surface area contributed by atoms with Crippen molar-refractivity contribution < 1.29 is 23.5 Å². The van der Waals surface area contributed by atoms with Gasteiger partial charge in [-0.2, -0.15) is 0 Å². The standard InChI is InChI=1S/C15H20FNO4/c1-9-6-13(20-5)10(7-11(9)16)12(8-18)17-14(19)21-15(2,3)4/h6-8,12H,1-5H3,(H,17,19). The van der Waals surface area contributed by atoms with Crippen LogP contribution in [0.25, 0.3) is 0 Å². The fourth-order valence-corrected chi connectivity index (χ4v) is 1.71. The molecule has 0 aromatic heterocycles. The Bertz CT molecular complexity index is 537. The van der Waals surface area contributed by atoms with Crippen molar-refractivity contribution in [2.45, 2.75) is 39.3 Å². The summed E-state index contributed by atoms with van der Waals surface area (Å²) in [5.41, 5.74) is -0.0703. The van der Waals surface area contributed by atoms with Gasteiger partial charge in [-0.05, 0) is 45.4 Å². The van der Waals surface area contributed by atoms with Gasteiger partial charge in [-0.3, -0.25) is 0 Å². The van der Waals surface area contributed by atoms with E-state index >= 15 is 0 Å². The van der Waals surface area contributed by atoms with Gasteiger partial charge >= 0.3 is 6.09 Å². The molecule has 6 heteroatoms. The number of ether oxygens (including phenoxy) is 2. The second-order valence-electron chi connectivity index (χ2n) is 5.60. The molecule has 0 aliphatic heterocycles. The lowest BCUT2D eigenvalue weighted by Gasteiger charge is -2.22. The molecule has 116 valence electrons. The van der Waals surface area contributed by atoms with Crippen molar-refractivity contribution in [3.8, 4) is 5.75 Å². The molecule has 1 aromatic carbocycles. The summed E-state index contributed by atoms with van der Waals surface area (Å²) in [5.74, 6) is -0.161. The highest BCUT2D eigenvalue weighted by molar-refractivity contribution is 5.75. The van der Waals surface area contributed by atoms with Gasteiger partial charge in [-0.25, -0.2) is 9.18 Å². The number of amides is 1. The topological polar surface area (TPSA) is 64.6 Å². The molecule has 0 heterocycles. The normalized spacial score (nSPS) is 12.5. The molecule has 0 aliphatic carbocycles. The minimum Gasteiger partial charge on any atom is -0.496 e. The summed E-state index contributed by atoms with van der Waals surface area (Å²) in [6.07, 6.45) is -0.265. The lowest BCUT2D eigenvalue weighted by atomic mass is 10.0. The first-order valence-electron chi connectivity index (χ1n) is 6.46. The van der Waals surface area contributed by atoms with Gasteiger partial charge in [0, 0.05) is 5.56 Å². The fourth-order valence-electron chi connectivity index (χ4n) is 1.71. The molecule has 0 radical (unpaired) electrons. The predicted molar refractivity (Wildman–Crippen MR) is 75.9 cm³/mol. The largest absolute Gasteiger partial charge is 0.496 e. The third-order valence-corrected chi connectivity index (χ3v) is 2.65. The Morgan fingerprint density at radius 1 is 1.38 bits per heavy atom. The predicted octanol–water partition coefficient (Wildman–Crippen LogP) is 2.91.